The normalized spacial score (nSPS) is 19.2. The summed E-state index contributed by atoms with van der Waals surface area (Å²) < 4.78 is 16.9. The summed E-state index contributed by atoms with van der Waals surface area (Å²) in [6.45, 7) is 2.17. The standard InChI is InChI=1S/C31H32N2O7/c1-19(39-17-20-9-3-2-4-10-20)27(30(35)36)33-29(34)28-26(15-16-38-28)32-31(37)40-18-25-23-13-7-5-11-21(23)22-12-6-8-14-24(22)25/h2-14,19,25-28H,15-18H2,1H3,(H,32,37)(H,33,34)(H,35,36)/t19-,26?,27+,28?/m1/s1. The van der Waals surface area contributed by atoms with Crippen molar-refractivity contribution in [2.45, 2.75) is 50.2 Å². The Morgan fingerprint density at radius 3 is 2.23 bits per heavy atom. The van der Waals surface area contributed by atoms with Gasteiger partial charge in [-0.05, 0) is 41.2 Å². The van der Waals surface area contributed by atoms with Crippen LogP contribution in [-0.2, 0) is 30.4 Å². The monoisotopic (exact) mass is 544 g/mol. The Morgan fingerprint density at radius 1 is 0.950 bits per heavy atom. The van der Waals surface area contributed by atoms with Crippen LogP contribution in [0.3, 0.4) is 0 Å². The molecule has 3 N–H and O–H groups in total. The van der Waals surface area contributed by atoms with Crippen LogP contribution in [0.5, 0.6) is 0 Å². The molecule has 0 spiro atoms. The molecule has 9 nitrogen and oxygen atoms in total. The summed E-state index contributed by atoms with van der Waals surface area (Å²) in [4.78, 5) is 37.7. The van der Waals surface area contributed by atoms with Crippen LogP contribution < -0.4 is 10.6 Å². The fourth-order valence-electron chi connectivity index (χ4n) is 5.30. The first-order valence-corrected chi connectivity index (χ1v) is 13.3. The number of rotatable bonds is 10. The number of carbonyl (C=O) groups excluding carboxylic acids is 2. The molecule has 0 saturated carbocycles. The van der Waals surface area contributed by atoms with Crippen LogP contribution >= 0.6 is 0 Å². The average molecular weight is 545 g/mol. The van der Waals surface area contributed by atoms with Crippen molar-refractivity contribution < 1.29 is 33.7 Å². The fourth-order valence-corrected chi connectivity index (χ4v) is 5.30. The summed E-state index contributed by atoms with van der Waals surface area (Å²) in [6.07, 6.45) is -2.13. The van der Waals surface area contributed by atoms with E-state index in [2.05, 4.69) is 22.8 Å². The predicted molar refractivity (Wildman–Crippen MR) is 147 cm³/mol. The first kappa shape index (κ1) is 27.4. The summed E-state index contributed by atoms with van der Waals surface area (Å²) in [5.41, 5.74) is 5.34. The van der Waals surface area contributed by atoms with Crippen molar-refractivity contribution >= 4 is 18.0 Å². The number of hydrogen-bond donors (Lipinski definition) is 3. The van der Waals surface area contributed by atoms with Gasteiger partial charge in [0.05, 0.1) is 18.8 Å². The van der Waals surface area contributed by atoms with Crippen molar-refractivity contribution in [1.29, 1.82) is 0 Å². The zero-order valence-corrected chi connectivity index (χ0v) is 22.1. The third-order valence-corrected chi connectivity index (χ3v) is 7.39. The molecule has 1 fully saturated rings. The Kier molecular flexibility index (Phi) is 8.42. The lowest BCUT2D eigenvalue weighted by Crippen LogP contribution is -2.55. The SMILES string of the molecule is C[C@@H](OCc1ccccc1)[C@H](NC(=O)C1OCCC1NC(=O)OCC1c2ccccc2-c2ccccc21)C(=O)O. The molecule has 1 aliphatic carbocycles. The first-order chi connectivity index (χ1) is 19.4. The Morgan fingerprint density at radius 2 is 1.57 bits per heavy atom. The lowest BCUT2D eigenvalue weighted by atomic mass is 9.98. The largest absolute Gasteiger partial charge is 0.480 e. The van der Waals surface area contributed by atoms with Gasteiger partial charge in [0.1, 0.15) is 6.61 Å². The molecule has 0 aromatic heterocycles. The Labute approximate surface area is 232 Å². The number of carbonyl (C=O) groups is 3. The van der Waals surface area contributed by atoms with E-state index < -0.39 is 42.3 Å². The van der Waals surface area contributed by atoms with Gasteiger partial charge in [-0.1, -0.05) is 78.9 Å². The predicted octanol–water partition coefficient (Wildman–Crippen LogP) is 3.86. The molecular weight excluding hydrogens is 512 g/mol. The lowest BCUT2D eigenvalue weighted by Gasteiger charge is -2.25. The smallest absolute Gasteiger partial charge is 0.407 e. The van der Waals surface area contributed by atoms with Crippen molar-refractivity contribution in [3.63, 3.8) is 0 Å². The highest BCUT2D eigenvalue weighted by atomic mass is 16.6. The van der Waals surface area contributed by atoms with Gasteiger partial charge in [-0.15, -0.1) is 0 Å². The molecule has 1 heterocycles. The van der Waals surface area contributed by atoms with E-state index in [0.29, 0.717) is 6.42 Å². The quantitative estimate of drug-likeness (QED) is 0.354. The molecule has 40 heavy (non-hydrogen) atoms. The summed E-state index contributed by atoms with van der Waals surface area (Å²) in [5.74, 6) is -1.96. The van der Waals surface area contributed by atoms with Gasteiger partial charge in [-0.3, -0.25) is 4.79 Å². The van der Waals surface area contributed by atoms with Crippen LogP contribution in [0.25, 0.3) is 11.1 Å². The van der Waals surface area contributed by atoms with Gasteiger partial charge in [0.2, 0.25) is 0 Å². The maximum absolute atomic E-state index is 13.0. The van der Waals surface area contributed by atoms with Gasteiger partial charge in [0.25, 0.3) is 5.91 Å². The molecule has 2 unspecified atom stereocenters. The van der Waals surface area contributed by atoms with Crippen LogP contribution in [0.15, 0.2) is 78.9 Å². The van der Waals surface area contributed by atoms with E-state index in [1.807, 2.05) is 66.7 Å². The van der Waals surface area contributed by atoms with Crippen LogP contribution in [0.2, 0.25) is 0 Å². The van der Waals surface area contributed by atoms with Crippen molar-refractivity contribution in [2.24, 2.45) is 0 Å². The van der Waals surface area contributed by atoms with E-state index in [-0.39, 0.29) is 25.7 Å². The van der Waals surface area contributed by atoms with E-state index in [0.717, 1.165) is 27.8 Å². The van der Waals surface area contributed by atoms with Crippen molar-refractivity contribution in [2.75, 3.05) is 13.2 Å². The average Bonchev–Trinajstić information content (AvgIpc) is 3.56. The molecular formula is C31H32N2O7. The van der Waals surface area contributed by atoms with Crippen molar-refractivity contribution in [1.82, 2.24) is 10.6 Å². The molecule has 5 rings (SSSR count). The van der Waals surface area contributed by atoms with Crippen LogP contribution in [0.1, 0.15) is 36.0 Å². The van der Waals surface area contributed by atoms with E-state index in [1.165, 1.54) is 0 Å². The first-order valence-electron chi connectivity index (χ1n) is 13.3. The number of alkyl carbamates (subject to hydrolysis) is 1. The number of aliphatic carboxylic acids is 1. The molecule has 1 aliphatic heterocycles. The van der Waals surface area contributed by atoms with Gasteiger partial charge in [-0.2, -0.15) is 0 Å². The number of carboxylic acids is 1. The minimum Gasteiger partial charge on any atom is -0.480 e. The van der Waals surface area contributed by atoms with Crippen LogP contribution in [0.4, 0.5) is 4.79 Å². The molecule has 208 valence electrons. The molecule has 2 aliphatic rings. The molecule has 2 amide bonds. The Hall–Kier alpha value is -4.21. The van der Waals surface area contributed by atoms with E-state index in [4.69, 9.17) is 14.2 Å². The van der Waals surface area contributed by atoms with E-state index >= 15 is 0 Å². The number of nitrogens with one attached hydrogen (secondary N) is 2. The molecule has 3 aromatic rings. The second-order valence-electron chi connectivity index (χ2n) is 9.98. The molecule has 3 aromatic carbocycles. The molecule has 4 atom stereocenters. The van der Waals surface area contributed by atoms with Gasteiger partial charge in [-0.25, -0.2) is 9.59 Å². The minimum atomic E-state index is -1.30. The second kappa shape index (κ2) is 12.3. The lowest BCUT2D eigenvalue weighted by molar-refractivity contribution is -0.148. The van der Waals surface area contributed by atoms with E-state index in [9.17, 15) is 19.5 Å². The highest BCUT2D eigenvalue weighted by Crippen LogP contribution is 2.44. The van der Waals surface area contributed by atoms with Gasteiger partial charge in [0, 0.05) is 12.5 Å². The third kappa shape index (κ3) is 6.00. The Bertz CT molecular complexity index is 1320. The summed E-state index contributed by atoms with van der Waals surface area (Å²) >= 11 is 0. The molecule has 9 heteroatoms. The van der Waals surface area contributed by atoms with Crippen molar-refractivity contribution in [3.05, 3.63) is 95.6 Å². The van der Waals surface area contributed by atoms with Crippen molar-refractivity contribution in [3.8, 4) is 11.1 Å². The topological polar surface area (TPSA) is 123 Å². The highest BCUT2D eigenvalue weighted by Gasteiger charge is 2.39. The Balaban J connectivity index is 1.16. The van der Waals surface area contributed by atoms with E-state index in [1.54, 1.807) is 6.92 Å². The molecule has 0 bridgehead atoms. The number of fused-ring (bicyclic) bond motifs is 3. The summed E-state index contributed by atoms with van der Waals surface area (Å²) in [6, 6.07) is 23.5. The van der Waals surface area contributed by atoms with Gasteiger partial charge < -0.3 is 30.0 Å². The zero-order chi connectivity index (χ0) is 28.1. The fraction of sp³-hybridized carbons (Fsp3) is 0.323. The minimum absolute atomic E-state index is 0.0919. The number of benzene rings is 3. The van der Waals surface area contributed by atoms with Crippen LogP contribution in [-0.4, -0.2) is 60.6 Å². The molecule has 0 radical (unpaired) electrons. The number of ether oxygens (including phenoxy) is 3. The number of hydrogen-bond acceptors (Lipinski definition) is 6. The maximum Gasteiger partial charge on any atom is 0.407 e. The maximum atomic E-state index is 13.0. The summed E-state index contributed by atoms with van der Waals surface area (Å²) in [7, 11) is 0. The summed E-state index contributed by atoms with van der Waals surface area (Å²) in [5, 5.41) is 15.0. The van der Waals surface area contributed by atoms with Gasteiger partial charge >= 0.3 is 12.1 Å². The number of carboxylic acid groups (broad SMARTS) is 1. The zero-order valence-electron chi connectivity index (χ0n) is 22.1. The highest BCUT2D eigenvalue weighted by molar-refractivity contribution is 5.88. The number of amides is 2. The van der Waals surface area contributed by atoms with Crippen LogP contribution in [0, 0.1) is 0 Å². The van der Waals surface area contributed by atoms with Gasteiger partial charge in [0.15, 0.2) is 12.1 Å². The third-order valence-electron chi connectivity index (χ3n) is 7.39. The second-order valence-corrected chi connectivity index (χ2v) is 9.98. The molecule has 1 saturated heterocycles.